The lowest BCUT2D eigenvalue weighted by Gasteiger charge is -2.13. The molecule has 0 atom stereocenters. The lowest BCUT2D eigenvalue weighted by molar-refractivity contribution is 0.208. The highest BCUT2D eigenvalue weighted by Gasteiger charge is 2.03. The minimum absolute atomic E-state index is 0.596. The van der Waals surface area contributed by atoms with Gasteiger partial charge in [0.05, 0.1) is 13.2 Å². The second-order valence-electron chi connectivity index (χ2n) is 5.44. The van der Waals surface area contributed by atoms with Crippen molar-refractivity contribution in [3.63, 3.8) is 0 Å². The smallest absolute Gasteiger partial charge is 0.191 e. The lowest BCUT2D eigenvalue weighted by Crippen LogP contribution is -2.40. The second-order valence-corrected chi connectivity index (χ2v) is 5.44. The zero-order valence-corrected chi connectivity index (χ0v) is 15.0. The zero-order chi connectivity index (χ0) is 17.7. The van der Waals surface area contributed by atoms with Crippen LogP contribution in [0, 0.1) is 0 Å². The number of nitrogens with zero attached hydrogens (tertiary/aromatic N) is 5. The van der Waals surface area contributed by atoms with E-state index in [0.717, 1.165) is 50.0 Å². The van der Waals surface area contributed by atoms with Crippen molar-refractivity contribution in [1.82, 2.24) is 30.4 Å². The van der Waals surface area contributed by atoms with Crippen LogP contribution >= 0.6 is 0 Å². The Labute approximate surface area is 148 Å². The SMILES string of the molecule is CCc1nncn1CCNC(=NCCOC)NCCc1ccccn1. The Balaban J connectivity index is 1.79. The number of nitrogens with one attached hydrogen (secondary N) is 2. The van der Waals surface area contributed by atoms with Crippen molar-refractivity contribution < 1.29 is 4.74 Å². The summed E-state index contributed by atoms with van der Waals surface area (Å²) in [6, 6.07) is 5.94. The van der Waals surface area contributed by atoms with Gasteiger partial charge in [0.2, 0.25) is 0 Å². The molecule has 2 aromatic heterocycles. The first kappa shape index (κ1) is 18.9. The topological polar surface area (TPSA) is 89.2 Å². The Hall–Kier alpha value is -2.48. The van der Waals surface area contributed by atoms with Crippen molar-refractivity contribution in [3.8, 4) is 0 Å². The fourth-order valence-electron chi connectivity index (χ4n) is 2.31. The fourth-order valence-corrected chi connectivity index (χ4v) is 2.31. The highest BCUT2D eigenvalue weighted by atomic mass is 16.5. The van der Waals surface area contributed by atoms with E-state index in [0.29, 0.717) is 13.2 Å². The van der Waals surface area contributed by atoms with E-state index in [1.165, 1.54) is 0 Å². The summed E-state index contributed by atoms with van der Waals surface area (Å²) in [4.78, 5) is 8.84. The van der Waals surface area contributed by atoms with Gasteiger partial charge in [0.15, 0.2) is 5.96 Å². The van der Waals surface area contributed by atoms with E-state index in [1.807, 2.05) is 29.0 Å². The molecular formula is C17H27N7O. The van der Waals surface area contributed by atoms with Crippen LogP contribution in [-0.2, 0) is 24.1 Å². The molecule has 0 aliphatic carbocycles. The zero-order valence-electron chi connectivity index (χ0n) is 15.0. The molecule has 25 heavy (non-hydrogen) atoms. The molecule has 0 bridgehead atoms. The van der Waals surface area contributed by atoms with E-state index < -0.39 is 0 Å². The minimum atomic E-state index is 0.596. The third kappa shape index (κ3) is 6.88. The van der Waals surface area contributed by atoms with Gasteiger partial charge in [0.1, 0.15) is 12.2 Å². The molecule has 0 saturated carbocycles. The molecule has 2 heterocycles. The van der Waals surface area contributed by atoms with Crippen LogP contribution in [0.15, 0.2) is 35.7 Å². The van der Waals surface area contributed by atoms with Crippen molar-refractivity contribution in [2.75, 3.05) is 33.4 Å². The average Bonchev–Trinajstić information content (AvgIpc) is 3.10. The maximum atomic E-state index is 5.07. The fraction of sp³-hybridized carbons (Fsp3) is 0.529. The summed E-state index contributed by atoms with van der Waals surface area (Å²) in [5, 5.41) is 14.7. The predicted octanol–water partition coefficient (Wildman–Crippen LogP) is 0.660. The highest BCUT2D eigenvalue weighted by Crippen LogP contribution is 1.95. The number of rotatable bonds is 10. The molecule has 0 amide bonds. The molecule has 2 N–H and O–H groups in total. The number of guanidine groups is 1. The van der Waals surface area contributed by atoms with Crippen LogP contribution < -0.4 is 10.6 Å². The van der Waals surface area contributed by atoms with Gasteiger partial charge in [0, 0.05) is 51.5 Å². The standard InChI is InChI=1S/C17H27N7O/c1-3-16-23-22-14-24(16)12-10-20-17(21-11-13-25-2)19-9-7-15-6-4-5-8-18-15/h4-6,8,14H,3,7,9-13H2,1-2H3,(H2,19,20,21). The Morgan fingerprint density at radius 2 is 2.16 bits per heavy atom. The van der Waals surface area contributed by atoms with E-state index in [1.54, 1.807) is 13.4 Å². The number of methoxy groups -OCH3 is 1. The van der Waals surface area contributed by atoms with Gasteiger partial charge in [-0.3, -0.25) is 9.98 Å². The largest absolute Gasteiger partial charge is 0.383 e. The summed E-state index contributed by atoms with van der Waals surface area (Å²) < 4.78 is 7.12. The number of aliphatic imine (C=N–C) groups is 1. The van der Waals surface area contributed by atoms with Crippen molar-refractivity contribution in [1.29, 1.82) is 0 Å². The molecule has 136 valence electrons. The van der Waals surface area contributed by atoms with Gasteiger partial charge in [-0.15, -0.1) is 10.2 Å². The predicted molar refractivity (Wildman–Crippen MR) is 97.5 cm³/mol. The minimum Gasteiger partial charge on any atom is -0.383 e. The van der Waals surface area contributed by atoms with Crippen molar-refractivity contribution in [3.05, 3.63) is 42.2 Å². The molecule has 8 heteroatoms. The van der Waals surface area contributed by atoms with Crippen molar-refractivity contribution >= 4 is 5.96 Å². The molecule has 0 aromatic carbocycles. The summed E-state index contributed by atoms with van der Waals surface area (Å²) in [7, 11) is 1.68. The maximum Gasteiger partial charge on any atom is 0.191 e. The number of pyridine rings is 1. The molecular weight excluding hydrogens is 318 g/mol. The maximum absolute atomic E-state index is 5.07. The van der Waals surface area contributed by atoms with Gasteiger partial charge in [-0.2, -0.15) is 0 Å². The Kier molecular flexibility index (Phi) is 8.40. The molecule has 2 rings (SSSR count). The van der Waals surface area contributed by atoms with Crippen LogP contribution in [0.2, 0.25) is 0 Å². The van der Waals surface area contributed by atoms with Crippen molar-refractivity contribution in [2.45, 2.75) is 26.3 Å². The van der Waals surface area contributed by atoms with E-state index in [9.17, 15) is 0 Å². The van der Waals surface area contributed by atoms with Gasteiger partial charge in [0.25, 0.3) is 0 Å². The molecule has 0 radical (unpaired) electrons. The van der Waals surface area contributed by atoms with Gasteiger partial charge >= 0.3 is 0 Å². The third-order valence-electron chi connectivity index (χ3n) is 3.62. The van der Waals surface area contributed by atoms with Crippen LogP contribution in [0.25, 0.3) is 0 Å². The summed E-state index contributed by atoms with van der Waals surface area (Å²) in [6.07, 6.45) is 5.29. The van der Waals surface area contributed by atoms with Crippen LogP contribution in [0.4, 0.5) is 0 Å². The first-order chi connectivity index (χ1) is 12.3. The van der Waals surface area contributed by atoms with E-state index in [4.69, 9.17) is 4.74 Å². The number of aryl methyl sites for hydroxylation is 1. The lowest BCUT2D eigenvalue weighted by atomic mass is 10.3. The molecule has 0 aliphatic rings. The molecule has 0 fully saturated rings. The number of hydrogen-bond acceptors (Lipinski definition) is 5. The van der Waals surface area contributed by atoms with Crippen LogP contribution in [-0.4, -0.2) is 59.1 Å². The number of ether oxygens (including phenoxy) is 1. The molecule has 2 aromatic rings. The summed E-state index contributed by atoms with van der Waals surface area (Å²) in [5.41, 5.74) is 1.06. The van der Waals surface area contributed by atoms with E-state index in [-0.39, 0.29) is 0 Å². The van der Waals surface area contributed by atoms with Crippen LogP contribution in [0.3, 0.4) is 0 Å². The first-order valence-electron chi connectivity index (χ1n) is 8.61. The number of hydrogen-bond donors (Lipinski definition) is 2. The Bertz CT molecular complexity index is 627. The number of aromatic nitrogens is 4. The Morgan fingerprint density at radius 3 is 2.92 bits per heavy atom. The normalized spacial score (nSPS) is 11.5. The molecule has 8 nitrogen and oxygen atoms in total. The quantitative estimate of drug-likeness (QED) is 0.374. The summed E-state index contributed by atoms with van der Waals surface area (Å²) in [6.45, 7) is 5.59. The average molecular weight is 345 g/mol. The Morgan fingerprint density at radius 1 is 1.28 bits per heavy atom. The van der Waals surface area contributed by atoms with E-state index in [2.05, 4.69) is 37.7 Å². The van der Waals surface area contributed by atoms with Crippen molar-refractivity contribution in [2.24, 2.45) is 4.99 Å². The molecule has 0 spiro atoms. The first-order valence-corrected chi connectivity index (χ1v) is 8.61. The molecule has 0 unspecified atom stereocenters. The van der Waals surface area contributed by atoms with Gasteiger partial charge in [-0.25, -0.2) is 0 Å². The highest BCUT2D eigenvalue weighted by molar-refractivity contribution is 5.79. The summed E-state index contributed by atoms with van der Waals surface area (Å²) in [5.74, 6) is 1.77. The van der Waals surface area contributed by atoms with Gasteiger partial charge < -0.3 is 19.9 Å². The van der Waals surface area contributed by atoms with E-state index >= 15 is 0 Å². The van der Waals surface area contributed by atoms with Gasteiger partial charge in [-0.05, 0) is 12.1 Å². The third-order valence-corrected chi connectivity index (χ3v) is 3.62. The monoisotopic (exact) mass is 345 g/mol. The van der Waals surface area contributed by atoms with Crippen LogP contribution in [0.5, 0.6) is 0 Å². The van der Waals surface area contributed by atoms with Gasteiger partial charge in [-0.1, -0.05) is 13.0 Å². The second kappa shape index (κ2) is 11.1. The summed E-state index contributed by atoms with van der Waals surface area (Å²) >= 11 is 0. The molecule has 0 aliphatic heterocycles. The molecule has 0 saturated heterocycles. The van der Waals surface area contributed by atoms with Crippen LogP contribution in [0.1, 0.15) is 18.4 Å².